The molecular weight excluding hydrogens is 130 g/mol. The van der Waals surface area contributed by atoms with Gasteiger partial charge >= 0.3 is 0 Å². The normalized spacial score (nSPS) is 11.9. The number of hydrogen-bond acceptors (Lipinski definition) is 3. The first kappa shape index (κ1) is 6.49. The largest absolute Gasteiger partial charge is 0.301 e. The van der Waals surface area contributed by atoms with Crippen molar-refractivity contribution in [2.24, 2.45) is 0 Å². The molecule has 0 radical (unpaired) electrons. The van der Waals surface area contributed by atoms with Gasteiger partial charge < -0.3 is 4.79 Å². The smallest absolute Gasteiger partial charge is 0.143 e. The molecule has 1 N–H and O–H groups in total. The van der Waals surface area contributed by atoms with Gasteiger partial charge in [-0.2, -0.15) is 10.4 Å². The average molecular weight is 135 g/mol. The summed E-state index contributed by atoms with van der Waals surface area (Å²) in [4.78, 5) is 10.2. The number of H-pyrrole nitrogens is 1. The molecule has 0 aromatic carbocycles. The van der Waals surface area contributed by atoms with Gasteiger partial charge in [-0.05, 0) is 6.07 Å². The highest BCUT2D eigenvalue weighted by Gasteiger charge is 2.08. The summed E-state index contributed by atoms with van der Waals surface area (Å²) in [5.41, 5.74) is 0.539. The van der Waals surface area contributed by atoms with E-state index in [9.17, 15) is 4.79 Å². The Morgan fingerprint density at radius 2 is 2.70 bits per heavy atom. The molecule has 10 heavy (non-hydrogen) atoms. The second-order valence-corrected chi connectivity index (χ2v) is 1.75. The van der Waals surface area contributed by atoms with Crippen LogP contribution in [0.1, 0.15) is 11.6 Å². The number of aromatic amines is 1. The molecule has 0 aliphatic carbocycles. The highest BCUT2D eigenvalue weighted by atomic mass is 16.1. The SMILES string of the molecule is N#CC(C=O)c1ccn[nH]1. The van der Waals surface area contributed by atoms with Crippen LogP contribution in [0.3, 0.4) is 0 Å². The lowest BCUT2D eigenvalue weighted by Gasteiger charge is -1.91. The number of carbonyl (C=O) groups is 1. The molecule has 1 atom stereocenters. The van der Waals surface area contributed by atoms with E-state index in [4.69, 9.17) is 5.26 Å². The monoisotopic (exact) mass is 135 g/mol. The number of hydrogen-bond donors (Lipinski definition) is 1. The lowest BCUT2D eigenvalue weighted by Crippen LogP contribution is -1.96. The van der Waals surface area contributed by atoms with Gasteiger partial charge in [0.05, 0.1) is 11.8 Å². The number of rotatable bonds is 2. The van der Waals surface area contributed by atoms with Crippen molar-refractivity contribution in [3.63, 3.8) is 0 Å². The van der Waals surface area contributed by atoms with E-state index < -0.39 is 5.92 Å². The highest BCUT2D eigenvalue weighted by Crippen LogP contribution is 2.06. The van der Waals surface area contributed by atoms with E-state index in [0.717, 1.165) is 0 Å². The number of carbonyl (C=O) groups excluding carboxylic acids is 1. The number of nitriles is 1. The topological polar surface area (TPSA) is 69.5 Å². The molecule has 0 saturated heterocycles. The second kappa shape index (κ2) is 2.78. The van der Waals surface area contributed by atoms with Crippen LogP contribution in [-0.2, 0) is 4.79 Å². The van der Waals surface area contributed by atoms with Crippen LogP contribution in [0.2, 0.25) is 0 Å². The minimum absolute atomic E-state index is 0.539. The van der Waals surface area contributed by atoms with Gasteiger partial charge in [0.1, 0.15) is 12.2 Å². The summed E-state index contributed by atoms with van der Waals surface area (Å²) in [7, 11) is 0. The van der Waals surface area contributed by atoms with Crippen molar-refractivity contribution in [1.29, 1.82) is 5.26 Å². The predicted molar refractivity (Wildman–Crippen MR) is 33.0 cm³/mol. The molecule has 1 unspecified atom stereocenters. The Morgan fingerprint density at radius 1 is 1.90 bits per heavy atom. The fraction of sp³-hybridized carbons (Fsp3) is 0.167. The molecule has 50 valence electrons. The van der Waals surface area contributed by atoms with Gasteiger partial charge in [0.15, 0.2) is 0 Å². The van der Waals surface area contributed by atoms with E-state index in [0.29, 0.717) is 12.0 Å². The number of aromatic nitrogens is 2. The van der Waals surface area contributed by atoms with Crippen LogP contribution < -0.4 is 0 Å². The van der Waals surface area contributed by atoms with Crippen LogP contribution >= 0.6 is 0 Å². The fourth-order valence-electron chi connectivity index (χ4n) is 0.613. The lowest BCUT2D eigenvalue weighted by molar-refractivity contribution is -0.108. The summed E-state index contributed by atoms with van der Waals surface area (Å²) in [5, 5.41) is 14.5. The van der Waals surface area contributed by atoms with Crippen LogP contribution in [0.15, 0.2) is 12.3 Å². The van der Waals surface area contributed by atoms with Crippen LogP contribution in [-0.4, -0.2) is 16.5 Å². The number of nitrogens with one attached hydrogen (secondary N) is 1. The van der Waals surface area contributed by atoms with E-state index in [1.54, 1.807) is 6.07 Å². The van der Waals surface area contributed by atoms with Gasteiger partial charge in [0.2, 0.25) is 0 Å². The van der Waals surface area contributed by atoms with Crippen LogP contribution in [0.25, 0.3) is 0 Å². The van der Waals surface area contributed by atoms with Crippen molar-refractivity contribution < 1.29 is 4.79 Å². The molecule has 0 aliphatic heterocycles. The van der Waals surface area contributed by atoms with Gasteiger partial charge in [-0.25, -0.2) is 0 Å². The summed E-state index contributed by atoms with van der Waals surface area (Å²) in [5.74, 6) is -0.706. The molecule has 1 heterocycles. The summed E-state index contributed by atoms with van der Waals surface area (Å²) in [6.07, 6.45) is 2.08. The van der Waals surface area contributed by atoms with E-state index in [1.165, 1.54) is 6.20 Å². The van der Waals surface area contributed by atoms with Gasteiger partial charge in [-0.1, -0.05) is 0 Å². The molecular formula is C6H5N3O. The third-order valence-corrected chi connectivity index (χ3v) is 1.13. The van der Waals surface area contributed by atoms with Crippen molar-refractivity contribution >= 4 is 6.29 Å². The Morgan fingerprint density at radius 3 is 3.10 bits per heavy atom. The summed E-state index contributed by atoms with van der Waals surface area (Å²) >= 11 is 0. The van der Waals surface area contributed by atoms with Crippen molar-refractivity contribution in [3.8, 4) is 6.07 Å². The first-order chi connectivity index (χ1) is 4.88. The molecule has 0 amide bonds. The molecule has 4 heteroatoms. The Hall–Kier alpha value is -1.63. The predicted octanol–water partition coefficient (Wildman–Crippen LogP) is 0.216. The summed E-state index contributed by atoms with van der Waals surface area (Å²) in [6, 6.07) is 3.41. The summed E-state index contributed by atoms with van der Waals surface area (Å²) < 4.78 is 0. The number of aldehydes is 1. The Balaban J connectivity index is 2.86. The quantitative estimate of drug-likeness (QED) is 0.589. The maximum Gasteiger partial charge on any atom is 0.143 e. The number of nitrogens with zero attached hydrogens (tertiary/aromatic N) is 2. The maximum atomic E-state index is 10.2. The zero-order chi connectivity index (χ0) is 7.40. The van der Waals surface area contributed by atoms with E-state index in [1.807, 2.05) is 6.07 Å². The van der Waals surface area contributed by atoms with E-state index in [2.05, 4.69) is 10.2 Å². The van der Waals surface area contributed by atoms with Crippen molar-refractivity contribution in [1.82, 2.24) is 10.2 Å². The van der Waals surface area contributed by atoms with Crippen LogP contribution in [0, 0.1) is 11.3 Å². The van der Waals surface area contributed by atoms with Gasteiger partial charge in [0.25, 0.3) is 0 Å². The molecule has 0 spiro atoms. The first-order valence-electron chi connectivity index (χ1n) is 2.72. The lowest BCUT2D eigenvalue weighted by atomic mass is 10.1. The van der Waals surface area contributed by atoms with Gasteiger partial charge in [0, 0.05) is 6.20 Å². The second-order valence-electron chi connectivity index (χ2n) is 1.75. The fourth-order valence-corrected chi connectivity index (χ4v) is 0.613. The summed E-state index contributed by atoms with van der Waals surface area (Å²) in [6.45, 7) is 0. The van der Waals surface area contributed by atoms with E-state index >= 15 is 0 Å². The maximum absolute atomic E-state index is 10.2. The van der Waals surface area contributed by atoms with Crippen molar-refractivity contribution in [2.75, 3.05) is 0 Å². The highest BCUT2D eigenvalue weighted by molar-refractivity contribution is 5.65. The van der Waals surface area contributed by atoms with Gasteiger partial charge in [-0.3, -0.25) is 5.10 Å². The third kappa shape index (κ3) is 1.03. The molecule has 0 saturated carbocycles. The third-order valence-electron chi connectivity index (χ3n) is 1.13. The Bertz CT molecular complexity index is 246. The zero-order valence-electron chi connectivity index (χ0n) is 5.11. The molecule has 1 aromatic heterocycles. The molecule has 0 bridgehead atoms. The van der Waals surface area contributed by atoms with Crippen molar-refractivity contribution in [3.05, 3.63) is 18.0 Å². The molecule has 1 rings (SSSR count). The van der Waals surface area contributed by atoms with Gasteiger partial charge in [-0.15, -0.1) is 0 Å². The minimum Gasteiger partial charge on any atom is -0.301 e. The Kier molecular flexibility index (Phi) is 1.80. The van der Waals surface area contributed by atoms with Crippen LogP contribution in [0.4, 0.5) is 0 Å². The molecule has 4 nitrogen and oxygen atoms in total. The molecule has 0 fully saturated rings. The standard InChI is InChI=1S/C6H5N3O/c7-3-5(4-10)6-1-2-8-9-6/h1-2,4-5H,(H,8,9). The van der Waals surface area contributed by atoms with Crippen LogP contribution in [0.5, 0.6) is 0 Å². The minimum atomic E-state index is -0.706. The first-order valence-corrected chi connectivity index (χ1v) is 2.72. The van der Waals surface area contributed by atoms with Crippen molar-refractivity contribution in [2.45, 2.75) is 5.92 Å². The molecule has 1 aromatic rings. The Labute approximate surface area is 57.5 Å². The molecule has 0 aliphatic rings. The zero-order valence-corrected chi connectivity index (χ0v) is 5.11. The average Bonchev–Trinajstić information content (AvgIpc) is 2.43. The van der Waals surface area contributed by atoms with E-state index in [-0.39, 0.29) is 0 Å².